The molecule has 1 aromatic carbocycles. The molecule has 3 N–H and O–H groups in total. The molecule has 0 aliphatic heterocycles. The molecular formula is C12H17N5O3S. The number of hydrogen-bond acceptors (Lipinski definition) is 6. The Labute approximate surface area is 123 Å². The van der Waals surface area contributed by atoms with E-state index in [0.29, 0.717) is 11.4 Å². The molecule has 2 aromatic rings. The normalized spacial score (nSPS) is 11.6. The van der Waals surface area contributed by atoms with Gasteiger partial charge in [-0.15, -0.1) is 10.2 Å². The van der Waals surface area contributed by atoms with E-state index in [1.54, 1.807) is 23.7 Å². The number of benzene rings is 1. The smallest absolute Gasteiger partial charge is 0.244 e. The summed E-state index contributed by atoms with van der Waals surface area (Å²) in [6.45, 7) is 0.282. The SMILES string of the molecule is COc1ccc(CN)cc1S(=O)(=O)NCc1nncn1C. The first kappa shape index (κ1) is 15.4. The van der Waals surface area contributed by atoms with Crippen molar-refractivity contribution in [1.29, 1.82) is 0 Å². The molecule has 0 amide bonds. The molecule has 0 aliphatic rings. The second kappa shape index (κ2) is 6.20. The highest BCUT2D eigenvalue weighted by atomic mass is 32.2. The van der Waals surface area contributed by atoms with Crippen LogP contribution in [-0.2, 0) is 30.2 Å². The summed E-state index contributed by atoms with van der Waals surface area (Å²) in [6.07, 6.45) is 1.50. The first-order valence-electron chi connectivity index (χ1n) is 6.17. The van der Waals surface area contributed by atoms with Crippen molar-refractivity contribution in [3.63, 3.8) is 0 Å². The number of aryl methyl sites for hydroxylation is 1. The van der Waals surface area contributed by atoms with Gasteiger partial charge in [-0.2, -0.15) is 0 Å². The highest BCUT2D eigenvalue weighted by Gasteiger charge is 2.20. The van der Waals surface area contributed by atoms with Crippen molar-refractivity contribution in [3.05, 3.63) is 35.9 Å². The molecule has 1 heterocycles. The van der Waals surface area contributed by atoms with E-state index in [-0.39, 0.29) is 23.7 Å². The Balaban J connectivity index is 2.28. The number of rotatable bonds is 6. The van der Waals surface area contributed by atoms with Crippen LogP contribution in [0, 0.1) is 0 Å². The Morgan fingerprint density at radius 3 is 2.76 bits per heavy atom. The monoisotopic (exact) mass is 311 g/mol. The lowest BCUT2D eigenvalue weighted by molar-refractivity contribution is 0.402. The molecule has 0 radical (unpaired) electrons. The predicted molar refractivity (Wildman–Crippen MR) is 75.9 cm³/mol. The zero-order chi connectivity index (χ0) is 15.5. The minimum absolute atomic E-state index is 0.0365. The zero-order valence-electron chi connectivity index (χ0n) is 11.8. The van der Waals surface area contributed by atoms with Gasteiger partial charge in [-0.25, -0.2) is 13.1 Å². The molecule has 2 rings (SSSR count). The van der Waals surface area contributed by atoms with E-state index >= 15 is 0 Å². The maximum absolute atomic E-state index is 12.4. The fraction of sp³-hybridized carbons (Fsp3) is 0.333. The van der Waals surface area contributed by atoms with E-state index < -0.39 is 10.0 Å². The van der Waals surface area contributed by atoms with Crippen molar-refractivity contribution in [3.8, 4) is 5.75 Å². The highest BCUT2D eigenvalue weighted by Crippen LogP contribution is 2.24. The predicted octanol–water partition coefficient (Wildman–Crippen LogP) is -0.239. The molecule has 21 heavy (non-hydrogen) atoms. The van der Waals surface area contributed by atoms with Crippen molar-refractivity contribution in [1.82, 2.24) is 19.5 Å². The van der Waals surface area contributed by atoms with Crippen LogP contribution in [0.15, 0.2) is 29.4 Å². The average molecular weight is 311 g/mol. The number of hydrogen-bond donors (Lipinski definition) is 2. The van der Waals surface area contributed by atoms with Crippen LogP contribution in [0.25, 0.3) is 0 Å². The van der Waals surface area contributed by atoms with Crippen LogP contribution in [0.3, 0.4) is 0 Å². The van der Waals surface area contributed by atoms with Crippen molar-refractivity contribution in [2.24, 2.45) is 12.8 Å². The summed E-state index contributed by atoms with van der Waals surface area (Å²) in [6, 6.07) is 4.80. The molecule has 0 bridgehead atoms. The summed E-state index contributed by atoms with van der Waals surface area (Å²) >= 11 is 0. The van der Waals surface area contributed by atoms with Gasteiger partial charge >= 0.3 is 0 Å². The van der Waals surface area contributed by atoms with Crippen LogP contribution in [0.4, 0.5) is 0 Å². The Bertz CT molecular complexity index is 726. The van der Waals surface area contributed by atoms with Gasteiger partial charge in [-0.1, -0.05) is 6.07 Å². The number of nitrogens with two attached hydrogens (primary N) is 1. The molecule has 0 fully saturated rings. The summed E-state index contributed by atoms with van der Waals surface area (Å²) in [5, 5.41) is 7.52. The lowest BCUT2D eigenvalue weighted by Crippen LogP contribution is -2.25. The molecule has 0 aliphatic carbocycles. The number of aromatic nitrogens is 3. The number of nitrogens with one attached hydrogen (secondary N) is 1. The lowest BCUT2D eigenvalue weighted by Gasteiger charge is -2.11. The summed E-state index contributed by atoms with van der Waals surface area (Å²) in [5.41, 5.74) is 6.25. The van der Waals surface area contributed by atoms with Crippen LogP contribution >= 0.6 is 0 Å². The topological polar surface area (TPSA) is 112 Å². The standard InChI is InChI=1S/C12H17N5O3S/c1-17-8-14-16-12(17)7-15-21(18,19)11-5-9(6-13)3-4-10(11)20-2/h3-5,8,15H,6-7,13H2,1-2H3. The Kier molecular flexibility index (Phi) is 4.56. The van der Waals surface area contributed by atoms with E-state index in [1.165, 1.54) is 19.5 Å². The van der Waals surface area contributed by atoms with Crippen molar-refractivity contribution in [2.75, 3.05) is 7.11 Å². The maximum atomic E-state index is 12.4. The van der Waals surface area contributed by atoms with Crippen LogP contribution in [-0.4, -0.2) is 30.3 Å². The van der Waals surface area contributed by atoms with Crippen molar-refractivity contribution >= 4 is 10.0 Å². The first-order chi connectivity index (χ1) is 9.97. The molecule has 0 saturated carbocycles. The second-order valence-corrected chi connectivity index (χ2v) is 6.11. The molecule has 0 unspecified atom stereocenters. The van der Waals surface area contributed by atoms with Gasteiger partial charge < -0.3 is 15.0 Å². The van der Waals surface area contributed by atoms with Crippen molar-refractivity contribution < 1.29 is 13.2 Å². The van der Waals surface area contributed by atoms with E-state index in [2.05, 4.69) is 14.9 Å². The summed E-state index contributed by atoms with van der Waals surface area (Å²) < 4.78 is 34.0. The third kappa shape index (κ3) is 3.38. The molecule has 0 spiro atoms. The summed E-state index contributed by atoms with van der Waals surface area (Å²) in [5.74, 6) is 0.769. The molecule has 8 nitrogen and oxygen atoms in total. The van der Waals surface area contributed by atoms with Gasteiger partial charge in [0.2, 0.25) is 10.0 Å². The molecule has 9 heteroatoms. The molecule has 0 saturated heterocycles. The minimum Gasteiger partial charge on any atom is -0.495 e. The van der Waals surface area contributed by atoms with Gasteiger partial charge in [0.05, 0.1) is 13.7 Å². The minimum atomic E-state index is -3.74. The fourth-order valence-electron chi connectivity index (χ4n) is 1.76. The third-order valence-electron chi connectivity index (χ3n) is 2.98. The van der Waals surface area contributed by atoms with Crippen LogP contribution in [0.1, 0.15) is 11.4 Å². The molecule has 1 aromatic heterocycles. The van der Waals surface area contributed by atoms with Crippen LogP contribution < -0.4 is 15.2 Å². The summed E-state index contributed by atoms with van der Waals surface area (Å²) in [4.78, 5) is 0.0510. The van der Waals surface area contributed by atoms with Gasteiger partial charge in [0, 0.05) is 13.6 Å². The van der Waals surface area contributed by atoms with Gasteiger partial charge in [-0.3, -0.25) is 0 Å². The molecular weight excluding hydrogens is 294 g/mol. The second-order valence-electron chi connectivity index (χ2n) is 4.37. The number of sulfonamides is 1. The van der Waals surface area contributed by atoms with Gasteiger partial charge in [0.1, 0.15) is 22.8 Å². The van der Waals surface area contributed by atoms with E-state index in [0.717, 1.165) is 0 Å². The molecule has 114 valence electrons. The quantitative estimate of drug-likeness (QED) is 0.761. The first-order valence-corrected chi connectivity index (χ1v) is 7.65. The van der Waals surface area contributed by atoms with Gasteiger partial charge in [0.25, 0.3) is 0 Å². The Morgan fingerprint density at radius 2 is 2.19 bits per heavy atom. The average Bonchev–Trinajstić information content (AvgIpc) is 2.90. The molecule has 0 atom stereocenters. The van der Waals surface area contributed by atoms with E-state index in [1.807, 2.05) is 0 Å². The highest BCUT2D eigenvalue weighted by molar-refractivity contribution is 7.89. The number of nitrogens with zero attached hydrogens (tertiary/aromatic N) is 3. The van der Waals surface area contributed by atoms with E-state index in [9.17, 15) is 8.42 Å². The van der Waals surface area contributed by atoms with Gasteiger partial charge in [0.15, 0.2) is 0 Å². The third-order valence-corrected chi connectivity index (χ3v) is 4.40. The lowest BCUT2D eigenvalue weighted by atomic mass is 10.2. The van der Waals surface area contributed by atoms with Crippen LogP contribution in [0.2, 0.25) is 0 Å². The van der Waals surface area contributed by atoms with Crippen LogP contribution in [0.5, 0.6) is 5.75 Å². The zero-order valence-corrected chi connectivity index (χ0v) is 12.6. The van der Waals surface area contributed by atoms with Gasteiger partial charge in [-0.05, 0) is 17.7 Å². The summed E-state index contributed by atoms with van der Waals surface area (Å²) in [7, 11) is -0.589. The Morgan fingerprint density at radius 1 is 1.43 bits per heavy atom. The van der Waals surface area contributed by atoms with Crippen molar-refractivity contribution in [2.45, 2.75) is 18.0 Å². The fourth-order valence-corrected chi connectivity index (χ4v) is 2.96. The number of methoxy groups -OCH3 is 1. The largest absolute Gasteiger partial charge is 0.495 e. The van der Waals surface area contributed by atoms with E-state index in [4.69, 9.17) is 10.5 Å². The maximum Gasteiger partial charge on any atom is 0.244 e. The number of ether oxygens (including phenoxy) is 1. The Hall–Kier alpha value is -1.97.